The topological polar surface area (TPSA) is 61.4 Å². The van der Waals surface area contributed by atoms with Gasteiger partial charge in [-0.15, -0.1) is 0 Å². The molecule has 1 aliphatic carbocycles. The van der Waals surface area contributed by atoms with Crippen molar-refractivity contribution in [2.24, 2.45) is 5.92 Å². The first-order chi connectivity index (χ1) is 5.77. The minimum absolute atomic E-state index is 0.257. The van der Waals surface area contributed by atoms with Gasteiger partial charge in [0.1, 0.15) is 0 Å². The van der Waals surface area contributed by atoms with Gasteiger partial charge in [-0.2, -0.15) is 0 Å². The lowest BCUT2D eigenvalue weighted by Gasteiger charge is -2.15. The standard InChI is InChI=1S/C8H10N2O2/c11-8(12)5-1-2-7-6(3-5)4-9-10-7/h1-3,6-7,9-10H,4H2,(H,11,12). The van der Waals surface area contributed by atoms with Crippen molar-refractivity contribution in [3.05, 3.63) is 23.8 Å². The lowest BCUT2D eigenvalue weighted by Crippen LogP contribution is -2.30. The average molecular weight is 166 g/mol. The van der Waals surface area contributed by atoms with Crippen molar-refractivity contribution in [3.8, 4) is 0 Å². The molecule has 0 aromatic rings. The molecule has 1 aliphatic heterocycles. The Labute approximate surface area is 69.9 Å². The molecule has 12 heavy (non-hydrogen) atoms. The van der Waals surface area contributed by atoms with Gasteiger partial charge < -0.3 is 5.11 Å². The SMILES string of the molecule is O=C(O)C1=CC2CNNC2C=C1. The maximum atomic E-state index is 10.6. The van der Waals surface area contributed by atoms with Gasteiger partial charge in [-0.05, 0) is 0 Å². The maximum absolute atomic E-state index is 10.6. The van der Waals surface area contributed by atoms with Crippen LogP contribution in [0.15, 0.2) is 23.8 Å². The predicted octanol–water partition coefficient (Wildman–Crippen LogP) is -0.340. The monoisotopic (exact) mass is 166 g/mol. The van der Waals surface area contributed by atoms with E-state index in [1.54, 1.807) is 12.2 Å². The fourth-order valence-electron chi connectivity index (χ4n) is 1.52. The Hall–Kier alpha value is -1.13. The molecule has 0 amide bonds. The van der Waals surface area contributed by atoms with E-state index in [4.69, 9.17) is 5.11 Å². The Morgan fingerprint density at radius 2 is 2.50 bits per heavy atom. The molecule has 2 unspecified atom stereocenters. The van der Waals surface area contributed by atoms with E-state index in [9.17, 15) is 4.79 Å². The molecule has 2 atom stereocenters. The van der Waals surface area contributed by atoms with Gasteiger partial charge in [0.15, 0.2) is 0 Å². The van der Waals surface area contributed by atoms with Gasteiger partial charge in [0.25, 0.3) is 0 Å². The third-order valence-corrected chi connectivity index (χ3v) is 2.19. The van der Waals surface area contributed by atoms with E-state index in [1.807, 2.05) is 6.08 Å². The summed E-state index contributed by atoms with van der Waals surface area (Å²) >= 11 is 0. The Morgan fingerprint density at radius 1 is 1.67 bits per heavy atom. The average Bonchev–Trinajstić information content (AvgIpc) is 2.49. The zero-order valence-corrected chi connectivity index (χ0v) is 6.45. The molecule has 1 saturated heterocycles. The summed E-state index contributed by atoms with van der Waals surface area (Å²) in [6, 6.07) is 0.257. The fraction of sp³-hybridized carbons (Fsp3) is 0.375. The first-order valence-electron chi connectivity index (χ1n) is 3.89. The van der Waals surface area contributed by atoms with Gasteiger partial charge in [0.05, 0.1) is 5.57 Å². The van der Waals surface area contributed by atoms with Crippen molar-refractivity contribution in [2.75, 3.05) is 6.54 Å². The molecule has 0 spiro atoms. The number of hydrogen-bond acceptors (Lipinski definition) is 3. The lowest BCUT2D eigenvalue weighted by atomic mass is 9.93. The van der Waals surface area contributed by atoms with E-state index in [0.29, 0.717) is 5.57 Å². The number of fused-ring (bicyclic) bond motifs is 1. The van der Waals surface area contributed by atoms with E-state index in [-0.39, 0.29) is 12.0 Å². The van der Waals surface area contributed by atoms with Crippen LogP contribution in [0.2, 0.25) is 0 Å². The summed E-state index contributed by atoms with van der Waals surface area (Å²) in [5.74, 6) is -0.572. The summed E-state index contributed by atoms with van der Waals surface area (Å²) in [6.45, 7) is 0.797. The summed E-state index contributed by atoms with van der Waals surface area (Å²) < 4.78 is 0. The van der Waals surface area contributed by atoms with Crippen molar-refractivity contribution in [2.45, 2.75) is 6.04 Å². The Kier molecular flexibility index (Phi) is 1.71. The van der Waals surface area contributed by atoms with Gasteiger partial charge in [0, 0.05) is 18.5 Å². The molecule has 4 nitrogen and oxygen atoms in total. The summed E-state index contributed by atoms with van der Waals surface area (Å²) in [6.07, 6.45) is 5.32. The third kappa shape index (κ3) is 1.15. The molecule has 1 heterocycles. The normalized spacial score (nSPS) is 32.8. The molecule has 3 N–H and O–H groups in total. The minimum Gasteiger partial charge on any atom is -0.478 e. The van der Waals surface area contributed by atoms with Crippen molar-refractivity contribution < 1.29 is 9.90 Å². The molecule has 64 valence electrons. The number of hydrogen-bond donors (Lipinski definition) is 3. The van der Waals surface area contributed by atoms with Crippen LogP contribution in [0.3, 0.4) is 0 Å². The number of rotatable bonds is 1. The number of hydrazine groups is 1. The minimum atomic E-state index is -0.850. The number of nitrogens with one attached hydrogen (secondary N) is 2. The largest absolute Gasteiger partial charge is 0.478 e. The van der Waals surface area contributed by atoms with Crippen LogP contribution in [-0.4, -0.2) is 23.7 Å². The highest BCUT2D eigenvalue weighted by Crippen LogP contribution is 2.19. The molecule has 0 bridgehead atoms. The summed E-state index contributed by atoms with van der Waals surface area (Å²) in [4.78, 5) is 10.6. The fourth-order valence-corrected chi connectivity index (χ4v) is 1.52. The highest BCUT2D eigenvalue weighted by atomic mass is 16.4. The highest BCUT2D eigenvalue weighted by molar-refractivity contribution is 5.90. The van der Waals surface area contributed by atoms with Crippen molar-refractivity contribution in [1.29, 1.82) is 0 Å². The number of aliphatic carboxylic acids is 1. The molecular formula is C8H10N2O2. The first kappa shape index (κ1) is 7.52. The molecule has 0 aromatic heterocycles. The quantitative estimate of drug-likeness (QED) is 0.498. The van der Waals surface area contributed by atoms with Crippen molar-refractivity contribution >= 4 is 5.97 Å². The second kappa shape index (κ2) is 2.73. The summed E-state index contributed by atoms with van der Waals surface area (Å²) in [7, 11) is 0. The summed E-state index contributed by atoms with van der Waals surface area (Å²) in [5.41, 5.74) is 6.42. The zero-order chi connectivity index (χ0) is 8.55. The van der Waals surface area contributed by atoms with Gasteiger partial charge in [-0.25, -0.2) is 4.79 Å². The second-order valence-electron chi connectivity index (χ2n) is 3.00. The van der Waals surface area contributed by atoms with Crippen LogP contribution in [0.1, 0.15) is 0 Å². The van der Waals surface area contributed by atoms with Crippen LogP contribution >= 0.6 is 0 Å². The Morgan fingerprint density at radius 3 is 3.25 bits per heavy atom. The van der Waals surface area contributed by atoms with Gasteiger partial charge >= 0.3 is 5.97 Å². The van der Waals surface area contributed by atoms with Crippen LogP contribution in [0.25, 0.3) is 0 Å². The van der Waals surface area contributed by atoms with Crippen LogP contribution in [-0.2, 0) is 4.79 Å². The molecule has 0 aromatic carbocycles. The predicted molar refractivity (Wildman–Crippen MR) is 43.3 cm³/mol. The molecule has 2 aliphatic rings. The van der Waals surface area contributed by atoms with Crippen LogP contribution in [0.5, 0.6) is 0 Å². The molecule has 0 radical (unpaired) electrons. The zero-order valence-electron chi connectivity index (χ0n) is 6.45. The van der Waals surface area contributed by atoms with Crippen molar-refractivity contribution in [1.82, 2.24) is 10.9 Å². The molecule has 0 saturated carbocycles. The lowest BCUT2D eigenvalue weighted by molar-refractivity contribution is -0.132. The molecule has 4 heteroatoms. The Bertz CT molecular complexity index is 270. The van der Waals surface area contributed by atoms with Crippen LogP contribution in [0, 0.1) is 5.92 Å². The molecule has 1 fully saturated rings. The second-order valence-corrected chi connectivity index (χ2v) is 3.00. The van der Waals surface area contributed by atoms with E-state index in [2.05, 4.69) is 10.9 Å². The van der Waals surface area contributed by atoms with Gasteiger partial charge in [-0.3, -0.25) is 10.9 Å². The molecular weight excluding hydrogens is 156 g/mol. The van der Waals surface area contributed by atoms with Crippen LogP contribution in [0.4, 0.5) is 0 Å². The maximum Gasteiger partial charge on any atom is 0.335 e. The van der Waals surface area contributed by atoms with Gasteiger partial charge in [-0.1, -0.05) is 18.2 Å². The third-order valence-electron chi connectivity index (χ3n) is 2.19. The van der Waals surface area contributed by atoms with Crippen LogP contribution < -0.4 is 10.9 Å². The van der Waals surface area contributed by atoms with E-state index >= 15 is 0 Å². The van der Waals surface area contributed by atoms with E-state index < -0.39 is 5.97 Å². The van der Waals surface area contributed by atoms with Crippen molar-refractivity contribution in [3.63, 3.8) is 0 Å². The first-order valence-corrected chi connectivity index (χ1v) is 3.89. The van der Waals surface area contributed by atoms with E-state index in [1.165, 1.54) is 0 Å². The molecule has 2 rings (SSSR count). The van der Waals surface area contributed by atoms with Gasteiger partial charge in [0.2, 0.25) is 0 Å². The summed E-state index contributed by atoms with van der Waals surface area (Å²) in [5, 5.41) is 8.70. The number of carbonyl (C=O) groups is 1. The highest BCUT2D eigenvalue weighted by Gasteiger charge is 2.26. The smallest absolute Gasteiger partial charge is 0.335 e. The van der Waals surface area contributed by atoms with E-state index in [0.717, 1.165) is 6.54 Å². The number of carboxylic acid groups (broad SMARTS) is 1. The Balaban J connectivity index is 2.20. The number of carboxylic acids is 1.